The van der Waals surface area contributed by atoms with Crippen LogP contribution < -0.4 is 5.73 Å². The maximum absolute atomic E-state index is 8.36. The molecule has 11 heavy (non-hydrogen) atoms. The number of nitrogens with zero attached hydrogens (tertiary/aromatic N) is 3. The third kappa shape index (κ3) is 17.8. The van der Waals surface area contributed by atoms with Crippen LogP contribution >= 0.6 is 0 Å². The van der Waals surface area contributed by atoms with Crippen molar-refractivity contribution in [2.24, 2.45) is 9.64 Å². The predicted molar refractivity (Wildman–Crippen MR) is 39.5 cm³/mol. The zero-order valence-corrected chi connectivity index (χ0v) is 10.7. The van der Waals surface area contributed by atoms with Gasteiger partial charge >= 0.3 is 69.6 Å². The Bertz CT molecular complexity index is 144. The first kappa shape index (κ1) is 13.7. The molecular formula is CH3As3N4O3. The molecule has 0 aromatic heterocycles. The Labute approximate surface area is 89.7 Å². The molecule has 0 aromatic rings. The molecule has 10 heteroatoms. The van der Waals surface area contributed by atoms with Gasteiger partial charge in [0.05, 0.1) is 0 Å². The molecule has 7 nitrogen and oxygen atoms in total. The summed E-state index contributed by atoms with van der Waals surface area (Å²) >= 11 is 6.48. The molecule has 6 radical (unpaired) electrons. The van der Waals surface area contributed by atoms with Crippen molar-refractivity contribution in [3.63, 3.8) is 0 Å². The summed E-state index contributed by atoms with van der Waals surface area (Å²) in [5, 5.41) is 13.6. The Morgan fingerprint density at radius 2 is 2.00 bits per heavy atom. The van der Waals surface area contributed by atoms with Gasteiger partial charge in [-0.15, -0.1) is 10.1 Å². The standard InChI is InChI=1S/CH2As3N3.HNO3/c2-6-1(5)7(3)4;2-1(3)4/h(H2,5,6);(H,2,3,4). The smallest absolute Gasteiger partial charge is 0.291 e. The largest absolute Gasteiger partial charge is 0.328 e. The van der Waals surface area contributed by atoms with E-state index in [1.807, 2.05) is 17.1 Å². The van der Waals surface area contributed by atoms with Gasteiger partial charge in [-0.3, -0.25) is 0 Å². The third-order valence-corrected chi connectivity index (χ3v) is 1.60. The molecule has 0 saturated carbocycles. The van der Waals surface area contributed by atoms with E-state index in [-0.39, 0.29) is 0 Å². The first-order valence-corrected chi connectivity index (χ1v) is 4.42. The molecule has 0 rings (SSSR count). The molecule has 3 N–H and O–H groups in total. The summed E-state index contributed by atoms with van der Waals surface area (Å²) in [5.41, 5.74) is 5.24. The first-order chi connectivity index (χ1) is 4.91. The summed E-state index contributed by atoms with van der Waals surface area (Å²) in [4.78, 5) is 8.36. The Kier molecular flexibility index (Phi) is 10.3. The van der Waals surface area contributed by atoms with Gasteiger partial charge in [0.2, 0.25) is 0 Å². The Hall–Kier alpha value is 0.145. The van der Waals surface area contributed by atoms with E-state index in [0.717, 1.165) is 0 Å². The predicted octanol–water partition coefficient (Wildman–Crippen LogP) is -2.49. The average molecular weight is 344 g/mol. The van der Waals surface area contributed by atoms with Gasteiger partial charge in [0.15, 0.2) is 0 Å². The van der Waals surface area contributed by atoms with E-state index < -0.39 is 5.09 Å². The zero-order valence-electron chi connectivity index (χ0n) is 5.02. The quantitative estimate of drug-likeness (QED) is 0.166. The SMILES string of the molecule is NC(=N[As])N([As])[As].O=[N+]([O-])O. The molecule has 0 fully saturated rings. The van der Waals surface area contributed by atoms with Crippen LogP contribution in [0.15, 0.2) is 3.91 Å². The molecule has 0 aromatic carbocycles. The van der Waals surface area contributed by atoms with Crippen molar-refractivity contribution in [1.82, 2.24) is 2.73 Å². The van der Waals surface area contributed by atoms with Gasteiger partial charge in [-0.25, -0.2) is 0 Å². The van der Waals surface area contributed by atoms with Crippen molar-refractivity contribution in [2.45, 2.75) is 0 Å². The van der Waals surface area contributed by atoms with Crippen molar-refractivity contribution < 1.29 is 10.3 Å². The minimum Gasteiger partial charge on any atom is -0.328 e. The molecular weight excluding hydrogens is 341 g/mol. The topological polar surface area (TPSA) is 105 Å². The number of nitrogens with two attached hydrogens (primary N) is 1. The summed E-state index contributed by atoms with van der Waals surface area (Å²) in [5.74, 6) is 0.472. The van der Waals surface area contributed by atoms with Crippen LogP contribution in [0.5, 0.6) is 0 Å². The Balaban J connectivity index is 0. The van der Waals surface area contributed by atoms with Crippen LogP contribution in [0.25, 0.3) is 0 Å². The van der Waals surface area contributed by atoms with Crippen molar-refractivity contribution in [3.05, 3.63) is 10.1 Å². The maximum atomic E-state index is 8.36. The zero-order chi connectivity index (χ0) is 9.44. The van der Waals surface area contributed by atoms with Crippen molar-refractivity contribution in [3.8, 4) is 0 Å². The first-order valence-electron chi connectivity index (χ1n) is 1.90. The minimum atomic E-state index is -1.50. The molecule has 0 atom stereocenters. The van der Waals surface area contributed by atoms with Crippen LogP contribution in [0.4, 0.5) is 0 Å². The van der Waals surface area contributed by atoms with E-state index in [4.69, 9.17) is 21.1 Å². The Morgan fingerprint density at radius 3 is 2.00 bits per heavy atom. The number of hydrogen-bond acceptors (Lipinski definition) is 3. The normalized spacial score (nSPS) is 9.55. The molecule has 0 saturated heterocycles. The van der Waals surface area contributed by atoms with E-state index in [9.17, 15) is 0 Å². The molecule has 0 aliphatic carbocycles. The van der Waals surface area contributed by atoms with Crippen LogP contribution in [0, 0.1) is 10.1 Å². The monoisotopic (exact) mass is 344 g/mol. The molecule has 0 bridgehead atoms. The second kappa shape index (κ2) is 8.24. The van der Waals surface area contributed by atoms with Crippen molar-refractivity contribution >= 4 is 57.2 Å². The van der Waals surface area contributed by atoms with E-state index >= 15 is 0 Å². The van der Waals surface area contributed by atoms with E-state index in [2.05, 4.69) is 38.1 Å². The van der Waals surface area contributed by atoms with Gasteiger partial charge in [0.25, 0.3) is 5.09 Å². The fraction of sp³-hybridized carbons (Fsp3) is 0. The summed E-state index contributed by atoms with van der Waals surface area (Å²) < 4.78 is 5.22. The van der Waals surface area contributed by atoms with Gasteiger partial charge in [-0.05, 0) is 0 Å². The van der Waals surface area contributed by atoms with Crippen molar-refractivity contribution in [2.75, 3.05) is 0 Å². The second-order valence-corrected chi connectivity index (χ2v) is 4.57. The fourth-order valence-electron chi connectivity index (χ4n) is 0.0400. The summed E-state index contributed by atoms with van der Waals surface area (Å²) in [6, 6.07) is 0. The van der Waals surface area contributed by atoms with E-state index in [1.54, 1.807) is 2.73 Å². The summed E-state index contributed by atoms with van der Waals surface area (Å²) in [6.45, 7) is 0. The maximum Gasteiger partial charge on any atom is 0.291 e. The molecule has 0 amide bonds. The molecule has 0 unspecified atom stereocenters. The Morgan fingerprint density at radius 1 is 1.73 bits per heavy atom. The summed E-state index contributed by atoms with van der Waals surface area (Å²) in [6.07, 6.45) is 0. The van der Waals surface area contributed by atoms with Gasteiger partial charge in [-0.1, -0.05) is 0 Å². The molecule has 60 valence electrons. The number of hydrogen-bond donors (Lipinski definition) is 2. The summed E-state index contributed by atoms with van der Waals surface area (Å²) in [7, 11) is 0. The molecule has 0 aliphatic rings. The molecule has 0 heterocycles. The van der Waals surface area contributed by atoms with Gasteiger partial charge in [-0.2, -0.15) is 0 Å². The molecule has 0 spiro atoms. The fourth-order valence-corrected chi connectivity index (χ4v) is 1.08. The van der Waals surface area contributed by atoms with Crippen LogP contribution in [0.2, 0.25) is 0 Å². The second-order valence-electron chi connectivity index (χ2n) is 0.985. The van der Waals surface area contributed by atoms with E-state index in [1.165, 1.54) is 0 Å². The van der Waals surface area contributed by atoms with Crippen LogP contribution in [0.1, 0.15) is 0 Å². The third-order valence-electron chi connectivity index (χ3n) is 0.307. The number of rotatable bonds is 0. The molecule has 0 aliphatic heterocycles. The van der Waals surface area contributed by atoms with Crippen LogP contribution in [-0.2, 0) is 0 Å². The minimum absolute atomic E-state index is 0.472. The van der Waals surface area contributed by atoms with Crippen LogP contribution in [-0.4, -0.2) is 70.2 Å². The van der Waals surface area contributed by atoms with Crippen LogP contribution in [0.3, 0.4) is 0 Å². The number of guanidine groups is 1. The van der Waals surface area contributed by atoms with Gasteiger partial charge in [0.1, 0.15) is 0 Å². The van der Waals surface area contributed by atoms with Gasteiger partial charge < -0.3 is 5.21 Å². The van der Waals surface area contributed by atoms with Crippen molar-refractivity contribution in [1.29, 1.82) is 0 Å². The average Bonchev–Trinajstić information content (AvgIpc) is 1.85. The van der Waals surface area contributed by atoms with E-state index in [0.29, 0.717) is 5.96 Å². The van der Waals surface area contributed by atoms with Gasteiger partial charge in [0, 0.05) is 0 Å².